The Labute approximate surface area is 85.5 Å². The van der Waals surface area contributed by atoms with Crippen LogP contribution in [0.25, 0.3) is 0 Å². The zero-order valence-electron chi connectivity index (χ0n) is 6.09. The van der Waals surface area contributed by atoms with Crippen LogP contribution in [0.3, 0.4) is 0 Å². The van der Waals surface area contributed by atoms with Gasteiger partial charge in [0.05, 0.1) is 0 Å². The molecule has 8 heteroatoms. The molecule has 46 valence electrons. The van der Waals surface area contributed by atoms with Crippen LogP contribution in [0.15, 0.2) is 0 Å². The van der Waals surface area contributed by atoms with Crippen LogP contribution in [-0.4, -0.2) is 76.3 Å². The van der Waals surface area contributed by atoms with Crippen molar-refractivity contribution in [1.29, 1.82) is 0 Å². The number of hydrogen-bond acceptors (Lipinski definition) is 3. The van der Waals surface area contributed by atoms with Crippen LogP contribution >= 0.6 is 0 Å². The van der Waals surface area contributed by atoms with Crippen molar-refractivity contribution in [2.45, 2.75) is 0 Å². The van der Waals surface area contributed by atoms with E-state index in [1.165, 1.54) is 0 Å². The van der Waals surface area contributed by atoms with Crippen molar-refractivity contribution in [2.24, 2.45) is 0 Å². The fourth-order valence-corrected chi connectivity index (χ4v) is 0. The number of halogens is 2. The van der Waals surface area contributed by atoms with E-state index >= 15 is 0 Å². The molecule has 0 aliphatic heterocycles. The summed E-state index contributed by atoms with van der Waals surface area (Å²) in [5.74, 6) is 0. The topological polar surface area (TPSA) is 60.7 Å². The molecule has 0 amide bonds. The van der Waals surface area contributed by atoms with E-state index in [-0.39, 0.29) is 40.6 Å². The molecule has 3 nitrogen and oxygen atoms in total. The second-order valence-electron chi connectivity index (χ2n) is 0.447. The van der Waals surface area contributed by atoms with E-state index in [1.807, 2.05) is 0 Å². The molecule has 3 N–H and O–H groups in total. The molecule has 0 aromatic rings. The van der Waals surface area contributed by atoms with Crippen LogP contribution < -0.4 is 0 Å². The van der Waals surface area contributed by atoms with E-state index in [9.17, 15) is 7.05 Å². The molecule has 0 saturated carbocycles. The molecule has 0 fully saturated rings. The molecule has 0 heterocycles. The Morgan fingerprint density at radius 3 is 1.25 bits per heavy atom. The van der Waals surface area contributed by atoms with Gasteiger partial charge < -0.3 is 25.0 Å². The quantitative estimate of drug-likeness (QED) is 0.368. The molecule has 8 heavy (non-hydrogen) atoms. The fourth-order valence-electron chi connectivity index (χ4n) is 0. The first-order valence-corrected chi connectivity index (χ1v) is 2.38. The molecular weight excluding hydrogens is 164 g/mol. The largest absolute Gasteiger partial charge is 2.00 e. The first-order valence-electron chi connectivity index (χ1n) is 1.31. The van der Waals surface area contributed by atoms with Gasteiger partial charge in [-0.3, -0.25) is 0 Å². The minimum Gasteiger partial charge on any atom is -1.00 e. The van der Waals surface area contributed by atoms with Crippen LogP contribution in [0.1, 0.15) is 2.85 Å². The van der Waals surface area contributed by atoms with Crippen molar-refractivity contribution in [2.75, 3.05) is 0 Å². The first-order chi connectivity index (χ1) is 3.15. The maximum Gasteiger partial charge on any atom is 2.00 e. The van der Waals surface area contributed by atoms with Crippen LogP contribution in [0, 0.1) is 0 Å². The van der Waals surface area contributed by atoms with Gasteiger partial charge in [0.25, 0.3) is 0 Å². The summed E-state index contributed by atoms with van der Waals surface area (Å²) in [5.41, 5.74) is 0. The third-order valence-corrected chi connectivity index (χ3v) is 0. The maximum atomic E-state index is 9.76. The molecule has 0 atom stereocenters. The summed E-state index contributed by atoms with van der Waals surface area (Å²) in [7, 11) is -2.17. The van der Waals surface area contributed by atoms with Gasteiger partial charge in [-0.2, -0.15) is 0 Å². The Morgan fingerprint density at radius 1 is 1.25 bits per heavy atom. The zero-order chi connectivity index (χ0) is 6.28. The van der Waals surface area contributed by atoms with Gasteiger partial charge in [0, 0.05) is 0 Å². The third-order valence-electron chi connectivity index (χ3n) is 0. The Balaban J connectivity index is -0.0000000131. The molecule has 0 aromatic carbocycles. The van der Waals surface area contributed by atoms with Crippen molar-refractivity contribution in [3.8, 4) is 0 Å². The van der Waals surface area contributed by atoms with Gasteiger partial charge in [-0.15, -0.1) is 0 Å². The summed E-state index contributed by atoms with van der Waals surface area (Å²) in [6.45, 7) is 0. The van der Waals surface area contributed by atoms with Crippen molar-refractivity contribution >= 4 is 61.2 Å². The Morgan fingerprint density at radius 2 is 1.25 bits per heavy atom. The summed E-state index contributed by atoms with van der Waals surface area (Å²) >= 11 is -2.58. The van der Waals surface area contributed by atoms with E-state index in [1.54, 1.807) is 0 Å². The summed E-state index contributed by atoms with van der Waals surface area (Å²) in [4.78, 5) is 0. The zero-order valence-corrected chi connectivity index (χ0v) is 7.71. The van der Waals surface area contributed by atoms with E-state index in [4.69, 9.17) is 15.1 Å². The minimum absolute atomic E-state index is 0. The Bertz CT molecular complexity index is 35.7. The van der Waals surface area contributed by atoms with Crippen LogP contribution in [-0.2, 0) is 0 Å². The summed E-state index contributed by atoms with van der Waals surface area (Å²) in [5, 5.41) is 21.5. The third kappa shape index (κ3) is 130. The average Bonchev–Trinajstić information content (AvgIpc) is 1.33. The predicted octanol–water partition coefficient (Wildman–Crippen LogP) is -2.02. The molecular formula is H6AlBCaF2O3. The molecule has 0 aromatic heterocycles. The number of hydrogen-bond donors (Lipinski definition) is 3. The van der Waals surface area contributed by atoms with Gasteiger partial charge in [-0.05, 0) is 0 Å². The smallest absolute Gasteiger partial charge is 1.00 e. The Hall–Kier alpha value is 1.60. The molecule has 0 rings (SSSR count). The van der Waals surface area contributed by atoms with Crippen LogP contribution in [0.2, 0.25) is 0 Å². The molecule has 0 radical (unpaired) electrons. The maximum absolute atomic E-state index is 9.76. The monoisotopic (exact) mass is 170 g/mol. The minimum atomic E-state index is -2.58. The molecule has 0 spiro atoms. The van der Waals surface area contributed by atoms with Crippen molar-refractivity contribution in [3.63, 3.8) is 0 Å². The first kappa shape index (κ1) is 16.3. The van der Waals surface area contributed by atoms with E-state index in [0.29, 0.717) is 0 Å². The fraction of sp³-hybridized carbons (Fsp3) is 0. The van der Waals surface area contributed by atoms with E-state index in [2.05, 4.69) is 0 Å². The summed E-state index contributed by atoms with van der Waals surface area (Å²) in [6.07, 6.45) is 0. The molecule has 0 aliphatic carbocycles. The summed E-state index contributed by atoms with van der Waals surface area (Å²) < 4.78 is 19.5. The molecule has 0 aliphatic rings. The SMILES string of the molecule is OB(O)O.[Ca+2].[F][AlH][F].[H-].[H-]. The van der Waals surface area contributed by atoms with Gasteiger partial charge in [0.1, 0.15) is 0 Å². The van der Waals surface area contributed by atoms with Crippen molar-refractivity contribution in [3.05, 3.63) is 0 Å². The van der Waals surface area contributed by atoms with Gasteiger partial charge in [-0.1, -0.05) is 0 Å². The average molecular weight is 170 g/mol. The van der Waals surface area contributed by atoms with Gasteiger partial charge in [0.2, 0.25) is 0 Å². The standard InChI is InChI=1S/Al.BH3O3.Ca.2FH.3H/c;2-1(3)4;;;;;;/h;2-4H;;2*1H;;;/q+2;;+2;;;;2*-1/p-2. The van der Waals surface area contributed by atoms with Crippen LogP contribution in [0.4, 0.5) is 7.05 Å². The van der Waals surface area contributed by atoms with Crippen LogP contribution in [0.5, 0.6) is 0 Å². The normalized spacial score (nSPS) is 5.12. The summed E-state index contributed by atoms with van der Waals surface area (Å²) in [6, 6.07) is 0. The van der Waals surface area contributed by atoms with Gasteiger partial charge in [0.15, 0.2) is 0 Å². The molecule has 0 bridgehead atoms. The molecule has 0 saturated heterocycles. The predicted molar refractivity (Wildman–Crippen MR) is 29.8 cm³/mol. The van der Waals surface area contributed by atoms with Crippen molar-refractivity contribution < 1.29 is 25.0 Å². The van der Waals surface area contributed by atoms with Gasteiger partial charge in [-0.25, -0.2) is 0 Å². The Kier molecular flexibility index (Phi) is 32.3. The number of rotatable bonds is 0. The second-order valence-corrected chi connectivity index (χ2v) is 0.649. The van der Waals surface area contributed by atoms with Gasteiger partial charge >= 0.3 is 61.2 Å². The second kappa shape index (κ2) is 15.8. The van der Waals surface area contributed by atoms with E-state index < -0.39 is 23.5 Å². The van der Waals surface area contributed by atoms with Crippen molar-refractivity contribution in [1.82, 2.24) is 0 Å². The molecule has 0 unspecified atom stereocenters. The van der Waals surface area contributed by atoms with E-state index in [0.717, 1.165) is 0 Å².